The second-order valence-corrected chi connectivity index (χ2v) is 3.92. The van der Waals surface area contributed by atoms with Gasteiger partial charge in [0.2, 0.25) is 0 Å². The molecule has 0 spiro atoms. The van der Waals surface area contributed by atoms with Gasteiger partial charge < -0.3 is 4.74 Å². The van der Waals surface area contributed by atoms with E-state index in [0.29, 0.717) is 5.56 Å². The molecule has 1 rings (SSSR count). The van der Waals surface area contributed by atoms with E-state index in [4.69, 9.17) is 4.74 Å². The van der Waals surface area contributed by atoms with Gasteiger partial charge in [-0.15, -0.1) is 0 Å². The number of carbonyl (C=O) groups excluding carboxylic acids is 1. The van der Waals surface area contributed by atoms with E-state index in [0.717, 1.165) is 11.4 Å². The van der Waals surface area contributed by atoms with Crippen LogP contribution in [-0.4, -0.2) is 23.5 Å². The van der Waals surface area contributed by atoms with Crippen molar-refractivity contribution >= 4 is 5.78 Å². The summed E-state index contributed by atoms with van der Waals surface area (Å²) >= 11 is 0. The molecule has 0 bridgehead atoms. The number of ether oxygens (including phenoxy) is 1. The van der Waals surface area contributed by atoms with E-state index in [2.05, 4.69) is 4.98 Å². The zero-order valence-corrected chi connectivity index (χ0v) is 9.70. The molecule has 0 atom stereocenters. The molecule has 0 amide bonds. The molecule has 0 aliphatic heterocycles. The van der Waals surface area contributed by atoms with Crippen LogP contribution in [0.5, 0.6) is 0 Å². The van der Waals surface area contributed by atoms with Gasteiger partial charge in [0.15, 0.2) is 5.78 Å². The first-order valence-electron chi connectivity index (χ1n) is 5.09. The lowest BCUT2D eigenvalue weighted by atomic mass is 10.1. The Kier molecular flexibility index (Phi) is 3.97. The van der Waals surface area contributed by atoms with Gasteiger partial charge in [0.05, 0.1) is 6.10 Å². The van der Waals surface area contributed by atoms with Crippen molar-refractivity contribution in [2.24, 2.45) is 0 Å². The van der Waals surface area contributed by atoms with Gasteiger partial charge in [-0.3, -0.25) is 9.78 Å². The van der Waals surface area contributed by atoms with Gasteiger partial charge in [0.1, 0.15) is 6.61 Å². The fourth-order valence-electron chi connectivity index (χ4n) is 1.32. The number of Topliss-reactive ketones (excluding diaryl/α,β-unsaturated/α-hetero) is 1. The van der Waals surface area contributed by atoms with Gasteiger partial charge in [-0.05, 0) is 39.8 Å². The van der Waals surface area contributed by atoms with Crippen molar-refractivity contribution in [3.8, 4) is 0 Å². The molecule has 1 heterocycles. The minimum atomic E-state index is 0.0114. The summed E-state index contributed by atoms with van der Waals surface area (Å²) in [6.45, 7) is 7.73. The number of aromatic nitrogens is 1. The number of rotatable bonds is 4. The van der Waals surface area contributed by atoms with Crippen LogP contribution >= 0.6 is 0 Å². The zero-order valence-electron chi connectivity index (χ0n) is 9.70. The lowest BCUT2D eigenvalue weighted by molar-refractivity contribution is 0.0584. The maximum absolute atomic E-state index is 11.7. The van der Waals surface area contributed by atoms with Crippen LogP contribution in [0.15, 0.2) is 12.1 Å². The molecule has 1 aromatic heterocycles. The van der Waals surface area contributed by atoms with E-state index in [1.165, 1.54) is 0 Å². The van der Waals surface area contributed by atoms with Gasteiger partial charge in [0, 0.05) is 17.0 Å². The zero-order chi connectivity index (χ0) is 11.4. The number of carbonyl (C=O) groups is 1. The molecule has 0 saturated carbocycles. The second kappa shape index (κ2) is 5.03. The SMILES string of the molecule is Cc1cc(C(=O)COC(C)C)cc(C)n1. The maximum atomic E-state index is 11.7. The quantitative estimate of drug-likeness (QED) is 0.711. The molecule has 0 saturated heterocycles. The molecular weight excluding hydrogens is 190 g/mol. The van der Waals surface area contributed by atoms with Gasteiger partial charge in [-0.2, -0.15) is 0 Å². The van der Waals surface area contributed by atoms with Crippen LogP contribution in [0.1, 0.15) is 35.6 Å². The summed E-state index contributed by atoms with van der Waals surface area (Å²) in [6.07, 6.45) is 0.0815. The molecule has 0 aliphatic carbocycles. The van der Waals surface area contributed by atoms with Gasteiger partial charge in [-0.1, -0.05) is 0 Å². The van der Waals surface area contributed by atoms with Crippen molar-refractivity contribution in [1.29, 1.82) is 0 Å². The van der Waals surface area contributed by atoms with Crippen LogP contribution in [0.3, 0.4) is 0 Å². The largest absolute Gasteiger partial charge is 0.371 e. The molecule has 3 nitrogen and oxygen atoms in total. The molecule has 0 aliphatic rings. The van der Waals surface area contributed by atoms with E-state index in [-0.39, 0.29) is 18.5 Å². The van der Waals surface area contributed by atoms with Crippen LogP contribution in [0.2, 0.25) is 0 Å². The Hall–Kier alpha value is -1.22. The smallest absolute Gasteiger partial charge is 0.188 e. The highest BCUT2D eigenvalue weighted by Gasteiger charge is 2.08. The molecule has 15 heavy (non-hydrogen) atoms. The summed E-state index contributed by atoms with van der Waals surface area (Å²) in [5, 5.41) is 0. The maximum Gasteiger partial charge on any atom is 0.188 e. The number of pyridine rings is 1. The van der Waals surface area contributed by atoms with E-state index in [1.54, 1.807) is 12.1 Å². The molecule has 3 heteroatoms. The topological polar surface area (TPSA) is 39.2 Å². The number of hydrogen-bond donors (Lipinski definition) is 0. The highest BCUT2D eigenvalue weighted by Crippen LogP contribution is 2.06. The molecule has 82 valence electrons. The van der Waals surface area contributed by atoms with Crippen LogP contribution in [0.4, 0.5) is 0 Å². The highest BCUT2D eigenvalue weighted by atomic mass is 16.5. The van der Waals surface area contributed by atoms with Gasteiger partial charge in [-0.25, -0.2) is 0 Å². The van der Waals surface area contributed by atoms with E-state index >= 15 is 0 Å². The van der Waals surface area contributed by atoms with Crippen molar-refractivity contribution in [3.63, 3.8) is 0 Å². The Morgan fingerprint density at radius 3 is 2.33 bits per heavy atom. The Bertz CT molecular complexity index is 338. The normalized spacial score (nSPS) is 10.7. The Morgan fingerprint density at radius 2 is 1.87 bits per heavy atom. The van der Waals surface area contributed by atoms with Crippen molar-refractivity contribution in [1.82, 2.24) is 4.98 Å². The summed E-state index contributed by atoms with van der Waals surface area (Å²) < 4.78 is 5.27. The summed E-state index contributed by atoms with van der Waals surface area (Å²) in [5.74, 6) is 0.0114. The van der Waals surface area contributed by atoms with Crippen molar-refractivity contribution in [2.45, 2.75) is 33.8 Å². The number of nitrogens with zero attached hydrogens (tertiary/aromatic N) is 1. The predicted molar refractivity (Wildman–Crippen MR) is 59.1 cm³/mol. The molecule has 0 aromatic carbocycles. The minimum Gasteiger partial charge on any atom is -0.371 e. The van der Waals surface area contributed by atoms with Gasteiger partial charge in [0.25, 0.3) is 0 Å². The third kappa shape index (κ3) is 3.80. The minimum absolute atomic E-state index is 0.0114. The van der Waals surface area contributed by atoms with Crippen molar-refractivity contribution in [3.05, 3.63) is 29.1 Å². The Morgan fingerprint density at radius 1 is 1.33 bits per heavy atom. The Labute approximate surface area is 90.5 Å². The van der Waals surface area contributed by atoms with E-state index in [9.17, 15) is 4.79 Å². The number of hydrogen-bond acceptors (Lipinski definition) is 3. The molecule has 0 unspecified atom stereocenters. The number of aryl methyl sites for hydroxylation is 2. The number of ketones is 1. The van der Waals surface area contributed by atoms with Gasteiger partial charge >= 0.3 is 0 Å². The van der Waals surface area contributed by atoms with Crippen LogP contribution in [-0.2, 0) is 4.74 Å². The molecule has 0 radical (unpaired) electrons. The van der Waals surface area contributed by atoms with Crippen LogP contribution < -0.4 is 0 Å². The first kappa shape index (κ1) is 11.9. The van der Waals surface area contributed by atoms with Crippen molar-refractivity contribution < 1.29 is 9.53 Å². The lowest BCUT2D eigenvalue weighted by Gasteiger charge is -2.07. The molecular formula is C12H17NO2. The summed E-state index contributed by atoms with van der Waals surface area (Å²) in [6, 6.07) is 3.58. The fraction of sp³-hybridized carbons (Fsp3) is 0.500. The fourth-order valence-corrected chi connectivity index (χ4v) is 1.32. The Balaban J connectivity index is 2.73. The monoisotopic (exact) mass is 207 g/mol. The van der Waals surface area contributed by atoms with Crippen LogP contribution in [0.25, 0.3) is 0 Å². The molecule has 0 N–H and O–H groups in total. The third-order valence-corrected chi connectivity index (χ3v) is 1.95. The van der Waals surface area contributed by atoms with E-state index < -0.39 is 0 Å². The van der Waals surface area contributed by atoms with Crippen LogP contribution in [0, 0.1) is 13.8 Å². The standard InChI is InChI=1S/C12H17NO2/c1-8(2)15-7-12(14)11-5-9(3)13-10(4)6-11/h5-6,8H,7H2,1-4H3. The molecule has 0 fully saturated rings. The summed E-state index contributed by atoms with van der Waals surface area (Å²) in [7, 11) is 0. The first-order valence-corrected chi connectivity index (χ1v) is 5.09. The molecule has 1 aromatic rings. The highest BCUT2D eigenvalue weighted by molar-refractivity contribution is 5.97. The predicted octanol–water partition coefficient (Wildman–Crippen LogP) is 2.31. The lowest BCUT2D eigenvalue weighted by Crippen LogP contribution is -2.14. The summed E-state index contributed by atoms with van der Waals surface area (Å²) in [4.78, 5) is 15.9. The third-order valence-electron chi connectivity index (χ3n) is 1.95. The average molecular weight is 207 g/mol. The average Bonchev–Trinajstić information content (AvgIpc) is 2.12. The van der Waals surface area contributed by atoms with E-state index in [1.807, 2.05) is 27.7 Å². The first-order chi connectivity index (χ1) is 6.99. The summed E-state index contributed by atoms with van der Waals surface area (Å²) in [5.41, 5.74) is 2.41. The van der Waals surface area contributed by atoms with Crippen molar-refractivity contribution in [2.75, 3.05) is 6.61 Å². The second-order valence-electron chi connectivity index (χ2n) is 3.92.